The quantitative estimate of drug-likeness (QED) is 0.812. The van der Waals surface area contributed by atoms with Crippen molar-refractivity contribution in [3.63, 3.8) is 0 Å². The van der Waals surface area contributed by atoms with Crippen LogP contribution in [0.4, 0.5) is 5.95 Å². The second-order valence-electron chi connectivity index (χ2n) is 6.40. The van der Waals surface area contributed by atoms with Gasteiger partial charge in [-0.3, -0.25) is 0 Å². The fourth-order valence-electron chi connectivity index (χ4n) is 3.09. The molecule has 138 valence electrons. The van der Waals surface area contributed by atoms with Gasteiger partial charge in [0.15, 0.2) is 12.1 Å². The molecule has 4 rings (SSSR count). The van der Waals surface area contributed by atoms with E-state index in [-0.39, 0.29) is 6.29 Å². The molecule has 2 aliphatic heterocycles. The Kier molecular flexibility index (Phi) is 5.68. The minimum atomic E-state index is -0.160. The summed E-state index contributed by atoms with van der Waals surface area (Å²) in [5.74, 6) is 2.21. The van der Waals surface area contributed by atoms with E-state index in [1.165, 1.54) is 0 Å². The van der Waals surface area contributed by atoms with Crippen molar-refractivity contribution in [1.82, 2.24) is 15.0 Å². The van der Waals surface area contributed by atoms with Crippen molar-refractivity contribution in [2.45, 2.75) is 25.6 Å². The first-order valence-electron chi connectivity index (χ1n) is 9.25. The molecule has 0 saturated carbocycles. The number of ether oxygens (including phenoxy) is 3. The number of rotatable bonds is 5. The normalized spacial score (nSPS) is 18.8. The van der Waals surface area contributed by atoms with E-state index in [4.69, 9.17) is 29.2 Å². The van der Waals surface area contributed by atoms with Crippen molar-refractivity contribution in [2.75, 3.05) is 44.4 Å². The van der Waals surface area contributed by atoms with Gasteiger partial charge < -0.3 is 19.1 Å². The van der Waals surface area contributed by atoms with Crippen LogP contribution in [0, 0.1) is 0 Å². The van der Waals surface area contributed by atoms with Gasteiger partial charge >= 0.3 is 0 Å². The first kappa shape index (κ1) is 17.3. The van der Waals surface area contributed by atoms with Gasteiger partial charge in [0.05, 0.1) is 26.4 Å². The molecule has 1 aromatic heterocycles. The molecule has 1 aromatic carbocycles. The van der Waals surface area contributed by atoms with Crippen molar-refractivity contribution in [3.05, 3.63) is 36.2 Å². The Bertz CT molecular complexity index is 701. The third kappa shape index (κ3) is 4.35. The third-order valence-electron chi connectivity index (χ3n) is 4.50. The number of anilines is 1. The Labute approximate surface area is 153 Å². The lowest BCUT2D eigenvalue weighted by Gasteiger charge is -2.27. The number of benzene rings is 1. The molecule has 26 heavy (non-hydrogen) atoms. The van der Waals surface area contributed by atoms with Crippen LogP contribution in [-0.4, -0.2) is 60.8 Å². The van der Waals surface area contributed by atoms with Gasteiger partial charge in [-0.1, -0.05) is 30.3 Å². The Hall–Kier alpha value is -2.09. The SMILES string of the molecule is c1ccc(-c2nc(CCC3OCCCO3)nc(N3CCOCC3)n2)cc1. The molecule has 0 aliphatic carbocycles. The minimum absolute atomic E-state index is 0.160. The van der Waals surface area contributed by atoms with Crippen LogP contribution in [0.15, 0.2) is 30.3 Å². The maximum Gasteiger partial charge on any atom is 0.229 e. The van der Waals surface area contributed by atoms with Gasteiger partial charge in [0, 0.05) is 31.5 Å². The highest BCUT2D eigenvalue weighted by atomic mass is 16.7. The molecule has 0 radical (unpaired) electrons. The molecular formula is C19H24N4O3. The van der Waals surface area contributed by atoms with E-state index in [9.17, 15) is 0 Å². The van der Waals surface area contributed by atoms with E-state index < -0.39 is 0 Å². The fraction of sp³-hybridized carbons (Fsp3) is 0.526. The zero-order valence-corrected chi connectivity index (χ0v) is 14.8. The third-order valence-corrected chi connectivity index (χ3v) is 4.50. The lowest BCUT2D eigenvalue weighted by molar-refractivity contribution is -0.180. The predicted octanol–water partition coefficient (Wildman–Crippen LogP) is 2.07. The van der Waals surface area contributed by atoms with Crippen LogP contribution >= 0.6 is 0 Å². The van der Waals surface area contributed by atoms with Crippen LogP contribution < -0.4 is 4.90 Å². The number of morpholine rings is 1. The summed E-state index contributed by atoms with van der Waals surface area (Å²) in [6, 6.07) is 10.0. The standard InChI is InChI=1S/C19H24N4O3/c1-2-5-15(6-3-1)18-20-16(7-8-17-25-11-4-12-26-17)21-19(22-18)23-9-13-24-14-10-23/h1-3,5-6,17H,4,7-14H2. The summed E-state index contributed by atoms with van der Waals surface area (Å²) < 4.78 is 16.7. The molecule has 2 aromatic rings. The Morgan fingerprint density at radius 3 is 2.46 bits per heavy atom. The number of hydrogen-bond donors (Lipinski definition) is 0. The largest absolute Gasteiger partial charge is 0.378 e. The highest BCUT2D eigenvalue weighted by molar-refractivity contribution is 5.56. The van der Waals surface area contributed by atoms with Crippen LogP contribution in [0.3, 0.4) is 0 Å². The number of hydrogen-bond acceptors (Lipinski definition) is 7. The monoisotopic (exact) mass is 356 g/mol. The summed E-state index contributed by atoms with van der Waals surface area (Å²) in [5.41, 5.74) is 0.996. The molecule has 3 heterocycles. The molecule has 2 aliphatic rings. The van der Waals surface area contributed by atoms with E-state index in [1.807, 2.05) is 30.3 Å². The maximum absolute atomic E-state index is 5.64. The molecule has 2 saturated heterocycles. The number of nitrogens with zero attached hydrogens (tertiary/aromatic N) is 4. The van der Waals surface area contributed by atoms with Crippen LogP contribution in [0.25, 0.3) is 11.4 Å². The summed E-state index contributed by atoms with van der Waals surface area (Å²) in [6.07, 6.45) is 2.25. The highest BCUT2D eigenvalue weighted by Gasteiger charge is 2.19. The highest BCUT2D eigenvalue weighted by Crippen LogP contribution is 2.20. The summed E-state index contributed by atoms with van der Waals surface area (Å²) in [4.78, 5) is 16.3. The predicted molar refractivity (Wildman–Crippen MR) is 96.9 cm³/mol. The van der Waals surface area contributed by atoms with Crippen molar-refractivity contribution >= 4 is 5.95 Å². The smallest absolute Gasteiger partial charge is 0.229 e. The van der Waals surface area contributed by atoms with Gasteiger partial charge in [-0.15, -0.1) is 0 Å². The molecule has 0 unspecified atom stereocenters. The van der Waals surface area contributed by atoms with Crippen LogP contribution in [0.5, 0.6) is 0 Å². The zero-order chi connectivity index (χ0) is 17.6. The molecule has 0 amide bonds. The van der Waals surface area contributed by atoms with Gasteiger partial charge in [0.1, 0.15) is 5.82 Å². The zero-order valence-electron chi connectivity index (χ0n) is 14.8. The summed E-state index contributed by atoms with van der Waals surface area (Å²) >= 11 is 0. The molecule has 2 fully saturated rings. The molecule has 7 heteroatoms. The van der Waals surface area contributed by atoms with Crippen molar-refractivity contribution < 1.29 is 14.2 Å². The van der Waals surface area contributed by atoms with E-state index in [0.29, 0.717) is 25.5 Å². The average Bonchev–Trinajstić information content (AvgIpc) is 2.74. The Morgan fingerprint density at radius 2 is 1.69 bits per heavy atom. The van der Waals surface area contributed by atoms with E-state index >= 15 is 0 Å². The number of aryl methyl sites for hydroxylation is 1. The van der Waals surface area contributed by atoms with Gasteiger partial charge in [-0.25, -0.2) is 4.98 Å². The number of aromatic nitrogens is 3. The summed E-state index contributed by atoms with van der Waals surface area (Å²) in [7, 11) is 0. The summed E-state index contributed by atoms with van der Waals surface area (Å²) in [6.45, 7) is 4.52. The molecule has 0 N–H and O–H groups in total. The Balaban J connectivity index is 1.57. The lowest BCUT2D eigenvalue weighted by atomic mass is 10.2. The molecule has 0 atom stereocenters. The van der Waals surface area contributed by atoms with Gasteiger partial charge in [0.25, 0.3) is 0 Å². The van der Waals surface area contributed by atoms with Gasteiger partial charge in [0.2, 0.25) is 5.95 Å². The van der Waals surface area contributed by atoms with E-state index in [0.717, 1.165) is 56.5 Å². The first-order valence-corrected chi connectivity index (χ1v) is 9.25. The molecule has 0 bridgehead atoms. The second kappa shape index (κ2) is 8.53. The molecular weight excluding hydrogens is 332 g/mol. The average molecular weight is 356 g/mol. The minimum Gasteiger partial charge on any atom is -0.378 e. The van der Waals surface area contributed by atoms with Crippen LogP contribution in [0.1, 0.15) is 18.7 Å². The molecule has 7 nitrogen and oxygen atoms in total. The summed E-state index contributed by atoms with van der Waals surface area (Å²) in [5, 5.41) is 0. The van der Waals surface area contributed by atoms with Crippen LogP contribution in [-0.2, 0) is 20.6 Å². The Morgan fingerprint density at radius 1 is 0.923 bits per heavy atom. The van der Waals surface area contributed by atoms with Gasteiger partial charge in [-0.2, -0.15) is 9.97 Å². The lowest BCUT2D eigenvalue weighted by Crippen LogP contribution is -2.37. The van der Waals surface area contributed by atoms with Crippen LogP contribution in [0.2, 0.25) is 0 Å². The first-order chi connectivity index (χ1) is 12.9. The topological polar surface area (TPSA) is 69.6 Å². The maximum atomic E-state index is 5.64. The fourth-order valence-corrected chi connectivity index (χ4v) is 3.09. The van der Waals surface area contributed by atoms with E-state index in [1.54, 1.807) is 0 Å². The second-order valence-corrected chi connectivity index (χ2v) is 6.40. The van der Waals surface area contributed by atoms with E-state index in [2.05, 4.69) is 4.90 Å². The van der Waals surface area contributed by atoms with Crippen molar-refractivity contribution in [2.24, 2.45) is 0 Å². The molecule has 0 spiro atoms. The van der Waals surface area contributed by atoms with Crippen molar-refractivity contribution in [1.29, 1.82) is 0 Å². The van der Waals surface area contributed by atoms with Crippen molar-refractivity contribution in [3.8, 4) is 11.4 Å². The van der Waals surface area contributed by atoms with Gasteiger partial charge in [-0.05, 0) is 6.42 Å².